The van der Waals surface area contributed by atoms with Gasteiger partial charge in [-0.3, -0.25) is 4.52 Å². The van der Waals surface area contributed by atoms with Crippen molar-refractivity contribution in [2.45, 2.75) is 30.8 Å². The Morgan fingerprint density at radius 3 is 2.31 bits per heavy atom. The molecule has 0 radical (unpaired) electrons. The van der Waals surface area contributed by atoms with E-state index >= 15 is 0 Å². The molecule has 8 nitrogen and oxygen atoms in total. The Bertz CT molecular complexity index is 282. The Hall–Kier alpha value is -0.120. The van der Waals surface area contributed by atoms with Crippen molar-refractivity contribution in [1.29, 1.82) is 0 Å². The number of alkyl halides is 1. The fourth-order valence-corrected chi connectivity index (χ4v) is 1.56. The van der Waals surface area contributed by atoms with Gasteiger partial charge < -0.3 is 29.8 Å². The van der Waals surface area contributed by atoms with Gasteiger partial charge in [-0.05, 0) is 0 Å². The van der Waals surface area contributed by atoms with Gasteiger partial charge in [0.05, 0.1) is 6.61 Å². The van der Waals surface area contributed by atoms with Gasteiger partial charge in [-0.15, -0.1) is 0 Å². The summed E-state index contributed by atoms with van der Waals surface area (Å²) in [7, 11) is -4.76. The monoisotopic (exact) mass is 262 g/mol. The van der Waals surface area contributed by atoms with Crippen LogP contribution in [-0.4, -0.2) is 62.5 Å². The zero-order valence-corrected chi connectivity index (χ0v) is 8.77. The first kappa shape index (κ1) is 13.9. The lowest BCUT2D eigenvalue weighted by Crippen LogP contribution is -2.57. The lowest BCUT2D eigenvalue weighted by Gasteiger charge is -2.36. The van der Waals surface area contributed by atoms with Crippen molar-refractivity contribution < 1.29 is 43.3 Å². The van der Waals surface area contributed by atoms with Crippen molar-refractivity contribution in [2.75, 3.05) is 6.61 Å². The van der Waals surface area contributed by atoms with E-state index in [0.717, 1.165) is 0 Å². The third-order valence-electron chi connectivity index (χ3n) is 2.05. The van der Waals surface area contributed by atoms with Gasteiger partial charge in [0.15, 0.2) is 12.5 Å². The van der Waals surface area contributed by atoms with Crippen LogP contribution in [0.1, 0.15) is 0 Å². The van der Waals surface area contributed by atoms with Crippen LogP contribution >= 0.6 is 7.82 Å². The Labute approximate surface area is 89.5 Å². The predicted octanol–water partition coefficient (Wildman–Crippen LogP) is -2.13. The number of aliphatic hydroxyl groups is 3. The topological polar surface area (TPSA) is 137 Å². The average molecular weight is 262 g/mol. The number of hydrogen-bond donors (Lipinski definition) is 5. The second-order valence-electron chi connectivity index (χ2n) is 3.28. The normalized spacial score (nSPS) is 41.0. The second-order valence-corrected chi connectivity index (χ2v) is 4.52. The first-order valence-electron chi connectivity index (χ1n) is 4.26. The summed E-state index contributed by atoms with van der Waals surface area (Å²) >= 11 is 0. The molecule has 1 saturated heterocycles. The molecule has 1 aliphatic heterocycles. The third-order valence-corrected chi connectivity index (χ3v) is 2.54. The highest BCUT2D eigenvalue weighted by Crippen LogP contribution is 2.36. The number of phosphoric acid groups is 1. The molecule has 96 valence electrons. The largest absolute Gasteiger partial charge is 0.469 e. The van der Waals surface area contributed by atoms with E-state index in [1.54, 1.807) is 0 Å². The second kappa shape index (κ2) is 5.03. The maximum absolute atomic E-state index is 12.9. The molecule has 1 aliphatic rings. The first-order valence-corrected chi connectivity index (χ1v) is 5.79. The van der Waals surface area contributed by atoms with Gasteiger partial charge in [0, 0.05) is 0 Å². The first-order chi connectivity index (χ1) is 7.22. The van der Waals surface area contributed by atoms with Crippen LogP contribution in [0, 0.1) is 0 Å². The third kappa shape index (κ3) is 3.44. The molecule has 3 unspecified atom stereocenters. The van der Waals surface area contributed by atoms with Crippen LogP contribution in [0.5, 0.6) is 0 Å². The van der Waals surface area contributed by atoms with Crippen LogP contribution in [0.15, 0.2) is 0 Å². The maximum Gasteiger partial charge on any atom is 0.469 e. The summed E-state index contributed by atoms with van der Waals surface area (Å²) in [6.45, 7) is -0.785. The maximum atomic E-state index is 12.9. The molecule has 0 aliphatic carbocycles. The van der Waals surface area contributed by atoms with E-state index in [-0.39, 0.29) is 0 Å². The molecule has 1 rings (SSSR count). The Morgan fingerprint density at radius 2 is 1.81 bits per heavy atom. The Kier molecular flexibility index (Phi) is 4.38. The molecule has 10 heteroatoms. The number of phosphoric ester groups is 1. The van der Waals surface area contributed by atoms with Crippen molar-refractivity contribution in [1.82, 2.24) is 0 Å². The standard InChI is InChI=1S/C6H12FO8P/c7-3-5(9)4(8)2(15-6(3)10)1-14-16(11,12)13/h2-6,8-10H,1H2,(H2,11,12,13)/t2?,3?,4-,5?,6-/m1/s1. The van der Waals surface area contributed by atoms with Gasteiger partial charge in [0.1, 0.15) is 18.3 Å². The molecule has 1 fully saturated rings. The van der Waals surface area contributed by atoms with Gasteiger partial charge in [-0.25, -0.2) is 8.96 Å². The molecule has 0 bridgehead atoms. The van der Waals surface area contributed by atoms with E-state index < -0.39 is 45.2 Å². The van der Waals surface area contributed by atoms with Crippen molar-refractivity contribution in [3.63, 3.8) is 0 Å². The summed E-state index contributed by atoms with van der Waals surface area (Å²) < 4.78 is 31.7. The molecular weight excluding hydrogens is 250 g/mol. The summed E-state index contributed by atoms with van der Waals surface area (Å²) in [5.74, 6) is 0. The number of aliphatic hydroxyl groups excluding tert-OH is 3. The highest BCUT2D eigenvalue weighted by Gasteiger charge is 2.44. The fraction of sp³-hybridized carbons (Fsp3) is 1.00. The number of halogens is 1. The number of ether oxygens (including phenoxy) is 1. The summed E-state index contributed by atoms with van der Waals surface area (Å²) in [6, 6.07) is 0. The van der Waals surface area contributed by atoms with Crippen LogP contribution in [0.3, 0.4) is 0 Å². The van der Waals surface area contributed by atoms with E-state index in [4.69, 9.17) is 20.0 Å². The summed E-state index contributed by atoms with van der Waals surface area (Å²) in [5, 5.41) is 27.3. The van der Waals surface area contributed by atoms with Gasteiger partial charge in [-0.1, -0.05) is 0 Å². The van der Waals surface area contributed by atoms with E-state index in [2.05, 4.69) is 9.26 Å². The van der Waals surface area contributed by atoms with E-state index in [1.807, 2.05) is 0 Å². The number of hydrogen-bond acceptors (Lipinski definition) is 6. The fourth-order valence-electron chi connectivity index (χ4n) is 1.22. The summed E-state index contributed by atoms with van der Waals surface area (Å²) in [5.41, 5.74) is 0. The zero-order valence-electron chi connectivity index (χ0n) is 7.88. The van der Waals surface area contributed by atoms with Gasteiger partial charge in [-0.2, -0.15) is 0 Å². The van der Waals surface area contributed by atoms with Gasteiger partial charge >= 0.3 is 7.82 Å². The molecule has 0 saturated carbocycles. The molecular formula is C6H12FO8P. The molecule has 0 aromatic heterocycles. The predicted molar refractivity (Wildman–Crippen MR) is 45.8 cm³/mol. The Morgan fingerprint density at radius 1 is 1.25 bits per heavy atom. The Balaban J connectivity index is 2.57. The minimum absolute atomic E-state index is 0.785. The highest BCUT2D eigenvalue weighted by molar-refractivity contribution is 7.46. The average Bonchev–Trinajstić information content (AvgIpc) is 2.17. The zero-order chi connectivity index (χ0) is 12.5. The van der Waals surface area contributed by atoms with Crippen molar-refractivity contribution in [3.05, 3.63) is 0 Å². The smallest absolute Gasteiger partial charge is 0.387 e. The van der Waals surface area contributed by atoms with Crippen molar-refractivity contribution in [2.24, 2.45) is 0 Å². The molecule has 0 aromatic rings. The molecule has 1 heterocycles. The molecule has 5 atom stereocenters. The van der Waals surface area contributed by atoms with Crippen LogP contribution in [0.4, 0.5) is 4.39 Å². The highest BCUT2D eigenvalue weighted by atomic mass is 31.2. The lowest BCUT2D eigenvalue weighted by molar-refractivity contribution is -0.270. The van der Waals surface area contributed by atoms with Gasteiger partial charge in [0.2, 0.25) is 0 Å². The lowest BCUT2D eigenvalue weighted by atomic mass is 10.0. The van der Waals surface area contributed by atoms with E-state index in [9.17, 15) is 14.1 Å². The van der Waals surface area contributed by atoms with E-state index in [1.165, 1.54) is 0 Å². The van der Waals surface area contributed by atoms with Crippen molar-refractivity contribution in [3.8, 4) is 0 Å². The molecule has 0 amide bonds. The van der Waals surface area contributed by atoms with Crippen LogP contribution < -0.4 is 0 Å². The quantitative estimate of drug-likeness (QED) is 0.364. The summed E-state index contributed by atoms with van der Waals surface area (Å²) in [4.78, 5) is 16.7. The van der Waals surface area contributed by atoms with Crippen LogP contribution in [0.2, 0.25) is 0 Å². The minimum atomic E-state index is -4.76. The van der Waals surface area contributed by atoms with Crippen LogP contribution in [-0.2, 0) is 13.8 Å². The molecule has 0 aromatic carbocycles. The summed E-state index contributed by atoms with van der Waals surface area (Å²) in [6.07, 6.45) is -9.26. The van der Waals surface area contributed by atoms with Crippen molar-refractivity contribution >= 4 is 7.82 Å². The SMILES string of the molecule is O=P(O)(O)OCC1O[C@@H](O)C(F)C(O)[C@@H]1O. The molecule has 0 spiro atoms. The molecule has 16 heavy (non-hydrogen) atoms. The minimum Gasteiger partial charge on any atom is -0.387 e. The van der Waals surface area contributed by atoms with Gasteiger partial charge in [0.25, 0.3) is 0 Å². The van der Waals surface area contributed by atoms with Crippen LogP contribution in [0.25, 0.3) is 0 Å². The number of rotatable bonds is 3. The van der Waals surface area contributed by atoms with E-state index in [0.29, 0.717) is 0 Å². The molecule has 5 N–H and O–H groups in total.